The van der Waals surface area contributed by atoms with Crippen molar-refractivity contribution < 1.29 is 18.7 Å². The normalized spacial score (nSPS) is 15.1. The van der Waals surface area contributed by atoms with Gasteiger partial charge in [0, 0.05) is 18.7 Å². The Bertz CT molecular complexity index is 1300. The summed E-state index contributed by atoms with van der Waals surface area (Å²) in [7, 11) is 4.00. The molecule has 0 aromatic heterocycles. The summed E-state index contributed by atoms with van der Waals surface area (Å²) in [6.07, 6.45) is 0.777. The number of nitrogens with one attached hydrogen (secondary N) is 1. The third-order valence-corrected chi connectivity index (χ3v) is 5.92. The second-order valence-corrected chi connectivity index (χ2v) is 9.06. The molecule has 7 heteroatoms. The van der Waals surface area contributed by atoms with E-state index in [-0.39, 0.29) is 18.3 Å². The van der Waals surface area contributed by atoms with Crippen LogP contribution in [0.4, 0.5) is 15.8 Å². The van der Waals surface area contributed by atoms with Crippen molar-refractivity contribution in [3.05, 3.63) is 94.8 Å². The Morgan fingerprint density at radius 1 is 1.06 bits per heavy atom. The first-order chi connectivity index (χ1) is 17.3. The fourth-order valence-electron chi connectivity index (χ4n) is 4.40. The molecule has 0 fully saturated rings. The minimum atomic E-state index is -0.696. The van der Waals surface area contributed by atoms with Crippen LogP contribution in [-0.2, 0) is 27.3 Å². The van der Waals surface area contributed by atoms with Crippen molar-refractivity contribution in [1.29, 1.82) is 0 Å². The SMILES string of the molecule is CCOC(=O)CCc1cccc(C(=Nc2cccc(CN(C)C)c2)C2C(=O)Nc3cc(F)ccc32)c1. The summed E-state index contributed by atoms with van der Waals surface area (Å²) in [6, 6.07) is 19.9. The van der Waals surface area contributed by atoms with Gasteiger partial charge in [-0.25, -0.2) is 4.39 Å². The number of anilines is 1. The van der Waals surface area contributed by atoms with Crippen LogP contribution in [0.2, 0.25) is 0 Å². The van der Waals surface area contributed by atoms with Gasteiger partial charge >= 0.3 is 5.97 Å². The van der Waals surface area contributed by atoms with E-state index in [1.807, 2.05) is 62.6 Å². The lowest BCUT2D eigenvalue weighted by Crippen LogP contribution is -2.22. The highest BCUT2D eigenvalue weighted by Gasteiger charge is 2.35. The number of fused-ring (bicyclic) bond motifs is 1. The Morgan fingerprint density at radius 2 is 1.83 bits per heavy atom. The predicted molar refractivity (Wildman–Crippen MR) is 139 cm³/mol. The maximum Gasteiger partial charge on any atom is 0.306 e. The van der Waals surface area contributed by atoms with Crippen molar-refractivity contribution in [2.45, 2.75) is 32.2 Å². The van der Waals surface area contributed by atoms with E-state index in [1.54, 1.807) is 13.0 Å². The van der Waals surface area contributed by atoms with Gasteiger partial charge in [0.2, 0.25) is 5.91 Å². The van der Waals surface area contributed by atoms with Gasteiger partial charge in [0.1, 0.15) is 11.7 Å². The maximum absolute atomic E-state index is 13.9. The van der Waals surface area contributed by atoms with E-state index in [1.165, 1.54) is 12.1 Å². The lowest BCUT2D eigenvalue weighted by atomic mass is 9.89. The molecule has 0 spiro atoms. The minimum Gasteiger partial charge on any atom is -0.466 e. The van der Waals surface area contributed by atoms with Crippen LogP contribution in [0, 0.1) is 5.82 Å². The fourth-order valence-corrected chi connectivity index (χ4v) is 4.40. The second kappa shape index (κ2) is 11.3. The van der Waals surface area contributed by atoms with E-state index < -0.39 is 11.7 Å². The molecule has 0 saturated carbocycles. The molecule has 1 atom stereocenters. The van der Waals surface area contributed by atoms with Crippen LogP contribution in [0.3, 0.4) is 0 Å². The smallest absolute Gasteiger partial charge is 0.306 e. The molecule has 3 aromatic rings. The molecule has 1 amide bonds. The first kappa shape index (κ1) is 25.3. The Labute approximate surface area is 210 Å². The van der Waals surface area contributed by atoms with Crippen molar-refractivity contribution >= 4 is 29.0 Å². The van der Waals surface area contributed by atoms with Gasteiger partial charge in [0.05, 0.1) is 18.0 Å². The third-order valence-electron chi connectivity index (χ3n) is 5.92. The van der Waals surface area contributed by atoms with Crippen LogP contribution in [0.5, 0.6) is 0 Å². The zero-order valence-corrected chi connectivity index (χ0v) is 20.8. The summed E-state index contributed by atoms with van der Waals surface area (Å²) in [4.78, 5) is 32.1. The van der Waals surface area contributed by atoms with Crippen LogP contribution < -0.4 is 5.32 Å². The Morgan fingerprint density at radius 3 is 2.61 bits per heavy atom. The first-order valence-electron chi connectivity index (χ1n) is 12.0. The highest BCUT2D eigenvalue weighted by molar-refractivity contribution is 6.24. The number of hydrogen-bond acceptors (Lipinski definition) is 5. The van der Waals surface area contributed by atoms with E-state index in [0.29, 0.717) is 30.0 Å². The Hall–Kier alpha value is -3.84. The fraction of sp³-hybridized carbons (Fsp3) is 0.276. The molecule has 186 valence electrons. The minimum absolute atomic E-state index is 0.249. The summed E-state index contributed by atoms with van der Waals surface area (Å²) in [6.45, 7) is 2.89. The summed E-state index contributed by atoms with van der Waals surface area (Å²) in [5, 5.41) is 2.80. The van der Waals surface area contributed by atoms with E-state index in [9.17, 15) is 14.0 Å². The zero-order valence-electron chi connectivity index (χ0n) is 20.8. The molecule has 0 bridgehead atoms. The second-order valence-electron chi connectivity index (χ2n) is 9.06. The van der Waals surface area contributed by atoms with Crippen LogP contribution in [0.25, 0.3) is 0 Å². The first-order valence-corrected chi connectivity index (χ1v) is 12.0. The monoisotopic (exact) mass is 487 g/mol. The number of carbonyl (C=O) groups excluding carboxylic acids is 2. The van der Waals surface area contributed by atoms with E-state index in [4.69, 9.17) is 9.73 Å². The van der Waals surface area contributed by atoms with Crippen molar-refractivity contribution in [2.24, 2.45) is 4.99 Å². The third kappa shape index (κ3) is 6.04. The molecule has 1 aliphatic rings. The quantitative estimate of drug-likeness (QED) is 0.331. The molecule has 6 nitrogen and oxygen atoms in total. The average Bonchev–Trinajstić information content (AvgIpc) is 3.16. The zero-order chi connectivity index (χ0) is 25.7. The number of rotatable bonds is 9. The number of halogens is 1. The molecule has 0 aliphatic carbocycles. The van der Waals surface area contributed by atoms with Crippen molar-refractivity contribution in [2.75, 3.05) is 26.0 Å². The molecule has 0 radical (unpaired) electrons. The van der Waals surface area contributed by atoms with Gasteiger partial charge in [-0.3, -0.25) is 14.6 Å². The number of benzene rings is 3. The number of aliphatic imine (C=N–C) groups is 1. The van der Waals surface area contributed by atoms with Gasteiger partial charge in [-0.15, -0.1) is 0 Å². The van der Waals surface area contributed by atoms with Crippen LogP contribution in [0.1, 0.15) is 41.5 Å². The Kier molecular flexibility index (Phi) is 7.90. The number of esters is 1. The summed E-state index contributed by atoms with van der Waals surface area (Å²) in [5.41, 5.74) is 5.24. The van der Waals surface area contributed by atoms with Crippen molar-refractivity contribution in [1.82, 2.24) is 4.90 Å². The number of aryl methyl sites for hydroxylation is 1. The van der Waals surface area contributed by atoms with Gasteiger partial charge in [0.15, 0.2) is 0 Å². The lowest BCUT2D eigenvalue weighted by molar-refractivity contribution is -0.143. The molecule has 4 rings (SSSR count). The van der Waals surface area contributed by atoms with Crippen molar-refractivity contribution in [3.8, 4) is 0 Å². The van der Waals surface area contributed by atoms with Crippen LogP contribution in [0.15, 0.2) is 71.7 Å². The molecular formula is C29H30FN3O3. The number of amides is 1. The number of hydrogen-bond donors (Lipinski definition) is 1. The summed E-state index contributed by atoms with van der Waals surface area (Å²) in [5.74, 6) is -1.61. The summed E-state index contributed by atoms with van der Waals surface area (Å²) < 4.78 is 18.9. The standard InChI is InChI=1S/C29H30FN3O3/c1-4-36-26(34)14-11-19-7-5-9-21(15-19)28(31-23-10-6-8-20(16-23)18-33(2)3)27-24-13-12-22(30)17-25(24)32-29(27)35/h5-10,12-13,15-17,27H,4,11,14,18H2,1-3H3,(H,32,35). The van der Waals surface area contributed by atoms with Crippen molar-refractivity contribution in [3.63, 3.8) is 0 Å². The largest absolute Gasteiger partial charge is 0.466 e. The molecule has 36 heavy (non-hydrogen) atoms. The molecule has 1 aliphatic heterocycles. The highest BCUT2D eigenvalue weighted by Crippen LogP contribution is 2.37. The van der Waals surface area contributed by atoms with Crippen LogP contribution in [-0.4, -0.2) is 43.2 Å². The van der Waals surface area contributed by atoms with Gasteiger partial charge in [-0.05, 0) is 80.0 Å². The highest BCUT2D eigenvalue weighted by atomic mass is 19.1. The molecule has 0 saturated heterocycles. The van der Waals surface area contributed by atoms with Gasteiger partial charge in [0.25, 0.3) is 0 Å². The van der Waals surface area contributed by atoms with Gasteiger partial charge in [-0.1, -0.05) is 36.4 Å². The van der Waals surface area contributed by atoms with Crippen LogP contribution >= 0.6 is 0 Å². The molecule has 1 heterocycles. The lowest BCUT2D eigenvalue weighted by Gasteiger charge is -2.16. The molecular weight excluding hydrogens is 457 g/mol. The van der Waals surface area contributed by atoms with E-state index in [0.717, 1.165) is 28.9 Å². The van der Waals surface area contributed by atoms with Gasteiger partial charge < -0.3 is 15.0 Å². The van der Waals surface area contributed by atoms with Gasteiger partial charge in [-0.2, -0.15) is 0 Å². The average molecular weight is 488 g/mol. The molecule has 3 aromatic carbocycles. The molecule has 1 N–H and O–H groups in total. The maximum atomic E-state index is 13.9. The predicted octanol–water partition coefficient (Wildman–Crippen LogP) is 5.24. The summed E-state index contributed by atoms with van der Waals surface area (Å²) >= 11 is 0. The Balaban J connectivity index is 1.77. The number of nitrogens with zero attached hydrogens (tertiary/aromatic N) is 2. The number of ether oxygens (including phenoxy) is 1. The van der Waals surface area contributed by atoms with E-state index in [2.05, 4.69) is 10.2 Å². The number of carbonyl (C=O) groups is 2. The van der Waals surface area contributed by atoms with E-state index >= 15 is 0 Å². The topological polar surface area (TPSA) is 71.0 Å². The molecule has 1 unspecified atom stereocenters.